The van der Waals surface area contributed by atoms with Crippen molar-refractivity contribution in [2.75, 3.05) is 0 Å². The largest absolute Gasteiger partial charge is 0.429 e. The molecule has 0 spiro atoms. The van der Waals surface area contributed by atoms with E-state index in [1.807, 2.05) is 12.1 Å². The third-order valence-corrected chi connectivity index (χ3v) is 6.33. The summed E-state index contributed by atoms with van der Waals surface area (Å²) in [6.07, 6.45) is 6.39. The Bertz CT molecular complexity index is 1310. The van der Waals surface area contributed by atoms with E-state index < -0.39 is 29.8 Å². The number of rotatable bonds is 10. The minimum absolute atomic E-state index is 0.0318. The molecule has 36 heavy (non-hydrogen) atoms. The Balaban J connectivity index is 1.50. The summed E-state index contributed by atoms with van der Waals surface area (Å²) in [5.41, 5.74) is 3.50. The van der Waals surface area contributed by atoms with Gasteiger partial charge in [0.2, 0.25) is 0 Å². The van der Waals surface area contributed by atoms with Gasteiger partial charge in [-0.3, -0.25) is 0 Å². The standard InChI is InChI=1S/C30H27F5O/c1-2-3-4-5-19-6-8-20(9-7-19)10-11-21-12-14-24-22(16-21)13-15-25(28(24)33)23-17-26(31)29(27(32)18-23)36-30(34)35/h6-9,12-18,30H,2-5,10-11H2,1H3. The van der Waals surface area contributed by atoms with Crippen LogP contribution in [-0.2, 0) is 19.3 Å². The molecule has 0 heterocycles. The maximum Gasteiger partial charge on any atom is 0.387 e. The highest BCUT2D eigenvalue weighted by Crippen LogP contribution is 2.34. The monoisotopic (exact) mass is 498 g/mol. The average molecular weight is 499 g/mol. The minimum atomic E-state index is -3.37. The lowest BCUT2D eigenvalue weighted by atomic mass is 9.96. The maximum atomic E-state index is 15.3. The summed E-state index contributed by atoms with van der Waals surface area (Å²) in [5, 5.41) is 0.972. The van der Waals surface area contributed by atoms with Crippen LogP contribution in [0.4, 0.5) is 22.0 Å². The number of fused-ring (bicyclic) bond motifs is 1. The second kappa shape index (κ2) is 11.5. The molecule has 4 rings (SSSR count). The van der Waals surface area contributed by atoms with E-state index in [1.165, 1.54) is 36.5 Å². The van der Waals surface area contributed by atoms with Crippen LogP contribution in [0.2, 0.25) is 0 Å². The fourth-order valence-corrected chi connectivity index (χ4v) is 4.38. The summed E-state index contributed by atoms with van der Waals surface area (Å²) in [4.78, 5) is 0. The molecule has 0 bridgehead atoms. The molecule has 0 amide bonds. The minimum Gasteiger partial charge on any atom is -0.429 e. The number of hydrogen-bond acceptors (Lipinski definition) is 1. The van der Waals surface area contributed by atoms with Crippen molar-refractivity contribution in [3.63, 3.8) is 0 Å². The predicted octanol–water partition coefficient (Wildman–Crippen LogP) is 9.04. The van der Waals surface area contributed by atoms with Crippen LogP contribution >= 0.6 is 0 Å². The molecule has 0 N–H and O–H groups in total. The van der Waals surface area contributed by atoms with Gasteiger partial charge in [-0.2, -0.15) is 8.78 Å². The Kier molecular flexibility index (Phi) is 8.24. The Labute approximate surface area is 207 Å². The van der Waals surface area contributed by atoms with Crippen molar-refractivity contribution >= 4 is 10.8 Å². The van der Waals surface area contributed by atoms with Gasteiger partial charge in [0.25, 0.3) is 0 Å². The highest BCUT2D eigenvalue weighted by molar-refractivity contribution is 5.89. The van der Waals surface area contributed by atoms with Gasteiger partial charge in [-0.25, -0.2) is 13.2 Å². The summed E-state index contributed by atoms with van der Waals surface area (Å²) in [5.74, 6) is -4.48. The molecule has 0 unspecified atom stereocenters. The molecule has 0 aromatic heterocycles. The van der Waals surface area contributed by atoms with Crippen LogP contribution in [0, 0.1) is 17.5 Å². The van der Waals surface area contributed by atoms with E-state index in [2.05, 4.69) is 35.9 Å². The van der Waals surface area contributed by atoms with Gasteiger partial charge in [0.15, 0.2) is 17.4 Å². The van der Waals surface area contributed by atoms with Gasteiger partial charge >= 0.3 is 6.61 Å². The molecular weight excluding hydrogens is 471 g/mol. The molecule has 0 aliphatic rings. The Morgan fingerprint density at radius 2 is 1.31 bits per heavy atom. The molecule has 1 nitrogen and oxygen atoms in total. The molecule has 4 aromatic rings. The second-order valence-electron chi connectivity index (χ2n) is 8.90. The molecule has 4 aromatic carbocycles. The van der Waals surface area contributed by atoms with E-state index in [-0.39, 0.29) is 11.1 Å². The Hall–Kier alpha value is -3.41. The summed E-state index contributed by atoms with van der Waals surface area (Å²) in [6, 6.07) is 18.8. The number of ether oxygens (including phenoxy) is 1. The quantitative estimate of drug-likeness (QED) is 0.157. The number of unbranched alkanes of at least 4 members (excludes halogenated alkanes) is 2. The van der Waals surface area contributed by atoms with Crippen molar-refractivity contribution in [1.29, 1.82) is 0 Å². The zero-order valence-electron chi connectivity index (χ0n) is 20.0. The van der Waals surface area contributed by atoms with E-state index in [1.54, 1.807) is 12.1 Å². The van der Waals surface area contributed by atoms with Gasteiger partial charge in [-0.15, -0.1) is 0 Å². The second-order valence-corrected chi connectivity index (χ2v) is 8.90. The fraction of sp³-hybridized carbons (Fsp3) is 0.267. The first-order valence-corrected chi connectivity index (χ1v) is 12.1. The van der Waals surface area contributed by atoms with Gasteiger partial charge in [-0.05, 0) is 65.5 Å². The summed E-state index contributed by atoms with van der Waals surface area (Å²) in [7, 11) is 0. The number of aryl methyl sites for hydroxylation is 3. The highest BCUT2D eigenvalue weighted by Gasteiger charge is 2.19. The zero-order valence-corrected chi connectivity index (χ0v) is 20.0. The van der Waals surface area contributed by atoms with Crippen molar-refractivity contribution in [3.8, 4) is 16.9 Å². The van der Waals surface area contributed by atoms with Gasteiger partial charge in [0, 0.05) is 10.9 Å². The molecule has 0 saturated heterocycles. The first kappa shape index (κ1) is 25.7. The van der Waals surface area contributed by atoms with Crippen molar-refractivity contribution in [2.24, 2.45) is 0 Å². The van der Waals surface area contributed by atoms with Crippen LogP contribution in [-0.4, -0.2) is 6.61 Å². The van der Waals surface area contributed by atoms with E-state index in [9.17, 15) is 17.6 Å². The van der Waals surface area contributed by atoms with Crippen molar-refractivity contribution < 1.29 is 26.7 Å². The topological polar surface area (TPSA) is 9.23 Å². The highest BCUT2D eigenvalue weighted by atomic mass is 19.3. The van der Waals surface area contributed by atoms with Crippen LogP contribution in [0.5, 0.6) is 5.75 Å². The Morgan fingerprint density at radius 3 is 1.94 bits per heavy atom. The lowest BCUT2D eigenvalue weighted by molar-refractivity contribution is -0.0546. The van der Waals surface area contributed by atoms with Gasteiger partial charge in [-0.1, -0.05) is 74.4 Å². The number of benzene rings is 4. The first-order valence-electron chi connectivity index (χ1n) is 12.1. The van der Waals surface area contributed by atoms with Gasteiger partial charge in [0.1, 0.15) is 5.82 Å². The summed E-state index contributed by atoms with van der Waals surface area (Å²) < 4.78 is 72.2. The molecule has 0 saturated carbocycles. The van der Waals surface area contributed by atoms with Crippen molar-refractivity contribution in [1.82, 2.24) is 0 Å². The van der Waals surface area contributed by atoms with E-state index >= 15 is 4.39 Å². The average Bonchev–Trinajstić information content (AvgIpc) is 2.86. The third-order valence-electron chi connectivity index (χ3n) is 6.33. The summed E-state index contributed by atoms with van der Waals surface area (Å²) >= 11 is 0. The molecular formula is C30H27F5O. The number of hydrogen-bond donors (Lipinski definition) is 0. The van der Waals surface area contributed by atoms with Gasteiger partial charge in [0.05, 0.1) is 0 Å². The normalized spacial score (nSPS) is 11.4. The lowest BCUT2D eigenvalue weighted by Crippen LogP contribution is -2.06. The lowest BCUT2D eigenvalue weighted by Gasteiger charge is -2.12. The smallest absolute Gasteiger partial charge is 0.387 e. The molecule has 188 valence electrons. The van der Waals surface area contributed by atoms with Crippen LogP contribution in [0.15, 0.2) is 66.7 Å². The molecule has 0 aliphatic carbocycles. The third kappa shape index (κ3) is 6.04. The molecule has 0 fully saturated rings. The van der Waals surface area contributed by atoms with Crippen LogP contribution in [0.25, 0.3) is 21.9 Å². The number of alkyl halides is 2. The summed E-state index contributed by atoms with van der Waals surface area (Å²) in [6.45, 7) is -1.18. The molecule has 0 radical (unpaired) electrons. The van der Waals surface area contributed by atoms with E-state index in [0.717, 1.165) is 37.0 Å². The number of halogens is 5. The SMILES string of the molecule is CCCCCc1ccc(CCc2ccc3c(F)c(-c4cc(F)c(OC(F)F)c(F)c4)ccc3c2)cc1. The van der Waals surface area contributed by atoms with Crippen LogP contribution in [0.3, 0.4) is 0 Å². The van der Waals surface area contributed by atoms with E-state index in [4.69, 9.17) is 0 Å². The fourth-order valence-electron chi connectivity index (χ4n) is 4.38. The van der Waals surface area contributed by atoms with E-state index in [0.29, 0.717) is 10.8 Å². The zero-order chi connectivity index (χ0) is 25.7. The van der Waals surface area contributed by atoms with Crippen molar-refractivity contribution in [2.45, 2.75) is 52.1 Å². The van der Waals surface area contributed by atoms with Crippen LogP contribution in [0.1, 0.15) is 42.9 Å². The van der Waals surface area contributed by atoms with Crippen LogP contribution < -0.4 is 4.74 Å². The first-order chi connectivity index (χ1) is 17.4. The molecule has 6 heteroatoms. The van der Waals surface area contributed by atoms with Crippen molar-refractivity contribution in [3.05, 3.63) is 101 Å². The Morgan fingerprint density at radius 1 is 0.694 bits per heavy atom. The molecule has 0 aliphatic heterocycles. The maximum absolute atomic E-state index is 15.3. The predicted molar refractivity (Wildman–Crippen MR) is 133 cm³/mol. The molecule has 0 atom stereocenters. The van der Waals surface area contributed by atoms with Gasteiger partial charge < -0.3 is 4.74 Å².